The molecule has 0 saturated carbocycles. The van der Waals surface area contributed by atoms with Gasteiger partial charge in [0.2, 0.25) is 5.76 Å². The Bertz CT molecular complexity index is 718. The van der Waals surface area contributed by atoms with Crippen LogP contribution >= 0.6 is 0 Å². The summed E-state index contributed by atoms with van der Waals surface area (Å²) in [6.45, 7) is 0.375. The van der Waals surface area contributed by atoms with Crippen molar-refractivity contribution >= 4 is 11.8 Å². The lowest BCUT2D eigenvalue weighted by atomic mass is 10.2. The van der Waals surface area contributed by atoms with E-state index in [0.29, 0.717) is 12.6 Å². The summed E-state index contributed by atoms with van der Waals surface area (Å²) in [5.74, 6) is -3.54. The maximum Gasteiger partial charge on any atom is 0.371 e. The van der Waals surface area contributed by atoms with Crippen LogP contribution in [-0.4, -0.2) is 26.5 Å². The van der Waals surface area contributed by atoms with Crippen molar-refractivity contribution in [1.29, 1.82) is 0 Å². The number of carboxylic acids is 1. The van der Waals surface area contributed by atoms with E-state index in [4.69, 9.17) is 10.2 Å². The minimum Gasteiger partial charge on any atom is -0.502 e. The van der Waals surface area contributed by atoms with Gasteiger partial charge in [-0.2, -0.15) is 0 Å². The number of carboxylic acid groups (broad SMARTS) is 1. The summed E-state index contributed by atoms with van der Waals surface area (Å²) in [5, 5.41) is 17.5. The summed E-state index contributed by atoms with van der Waals surface area (Å²) in [6.07, 6.45) is 3.76. The molecule has 6 heteroatoms. The van der Waals surface area contributed by atoms with Crippen LogP contribution in [0.1, 0.15) is 15.9 Å². The number of aliphatic hydroxyl groups excluding tert-OH is 1. The maximum absolute atomic E-state index is 13.1. The minimum atomic E-state index is -1.57. The summed E-state index contributed by atoms with van der Waals surface area (Å²) in [7, 11) is 0. The van der Waals surface area contributed by atoms with Crippen molar-refractivity contribution < 1.29 is 24.2 Å². The SMILES string of the molecule is O=C(O)C(O)=CC(=O)c1ccn(Cc2cccc(F)c2)c1. The summed E-state index contributed by atoms with van der Waals surface area (Å²) in [5.41, 5.74) is 0.965. The van der Waals surface area contributed by atoms with Gasteiger partial charge in [0.15, 0.2) is 5.78 Å². The molecule has 0 atom stereocenters. The van der Waals surface area contributed by atoms with Crippen molar-refractivity contribution in [2.75, 3.05) is 0 Å². The zero-order valence-corrected chi connectivity index (χ0v) is 10.9. The monoisotopic (exact) mass is 289 g/mol. The quantitative estimate of drug-likeness (QED) is 0.503. The van der Waals surface area contributed by atoms with E-state index < -0.39 is 17.5 Å². The first kappa shape index (κ1) is 14.5. The molecule has 2 rings (SSSR count). The predicted octanol–water partition coefficient (Wildman–Crippen LogP) is 2.38. The van der Waals surface area contributed by atoms with E-state index in [0.717, 1.165) is 5.56 Å². The highest BCUT2D eigenvalue weighted by Crippen LogP contribution is 2.09. The van der Waals surface area contributed by atoms with Gasteiger partial charge in [0.25, 0.3) is 0 Å². The zero-order valence-electron chi connectivity index (χ0n) is 10.9. The molecule has 0 saturated heterocycles. The Morgan fingerprint density at radius 3 is 2.67 bits per heavy atom. The summed E-state index contributed by atoms with van der Waals surface area (Å²) >= 11 is 0. The smallest absolute Gasteiger partial charge is 0.371 e. The molecule has 0 aliphatic carbocycles. The molecule has 0 fully saturated rings. The Morgan fingerprint density at radius 1 is 1.24 bits per heavy atom. The predicted molar refractivity (Wildman–Crippen MR) is 72.6 cm³/mol. The number of carbonyl (C=O) groups excluding carboxylic acids is 1. The standard InChI is InChI=1S/C15H12FNO4/c16-12-3-1-2-10(6-12)8-17-5-4-11(9-17)13(18)7-14(19)15(20)21/h1-7,9,19H,8H2,(H,20,21). The molecule has 0 spiro atoms. The van der Waals surface area contributed by atoms with Crippen LogP contribution in [-0.2, 0) is 11.3 Å². The Hall–Kier alpha value is -2.89. The number of hydrogen-bond donors (Lipinski definition) is 2. The van der Waals surface area contributed by atoms with Crippen molar-refractivity contribution in [2.24, 2.45) is 0 Å². The van der Waals surface area contributed by atoms with Gasteiger partial charge in [-0.25, -0.2) is 9.18 Å². The van der Waals surface area contributed by atoms with Gasteiger partial charge in [-0.3, -0.25) is 4.79 Å². The van der Waals surface area contributed by atoms with Crippen molar-refractivity contribution in [3.8, 4) is 0 Å². The molecule has 0 aliphatic heterocycles. The van der Waals surface area contributed by atoms with Gasteiger partial charge in [0, 0.05) is 30.6 Å². The highest BCUT2D eigenvalue weighted by molar-refractivity contribution is 6.07. The van der Waals surface area contributed by atoms with Gasteiger partial charge in [0.05, 0.1) is 0 Å². The zero-order chi connectivity index (χ0) is 15.4. The van der Waals surface area contributed by atoms with E-state index in [2.05, 4.69) is 0 Å². The Balaban J connectivity index is 2.13. The van der Waals surface area contributed by atoms with Crippen LogP contribution in [0.25, 0.3) is 0 Å². The molecular weight excluding hydrogens is 277 g/mol. The topological polar surface area (TPSA) is 79.5 Å². The molecule has 21 heavy (non-hydrogen) atoms. The van der Waals surface area contributed by atoms with Gasteiger partial charge in [0.1, 0.15) is 5.82 Å². The number of aliphatic hydroxyl groups is 1. The Kier molecular flexibility index (Phi) is 4.18. The highest BCUT2D eigenvalue weighted by Gasteiger charge is 2.10. The van der Waals surface area contributed by atoms with E-state index >= 15 is 0 Å². The van der Waals surface area contributed by atoms with Crippen molar-refractivity contribution in [1.82, 2.24) is 4.57 Å². The third-order valence-corrected chi connectivity index (χ3v) is 2.78. The van der Waals surface area contributed by atoms with Crippen LogP contribution in [0.2, 0.25) is 0 Å². The lowest BCUT2D eigenvalue weighted by molar-refractivity contribution is -0.135. The van der Waals surface area contributed by atoms with Crippen molar-refractivity contribution in [3.05, 3.63) is 71.5 Å². The Labute approximate surface area is 119 Å². The fourth-order valence-corrected chi connectivity index (χ4v) is 1.80. The number of aromatic nitrogens is 1. The third kappa shape index (κ3) is 3.79. The molecule has 0 bridgehead atoms. The molecule has 5 nitrogen and oxygen atoms in total. The third-order valence-electron chi connectivity index (χ3n) is 2.78. The second-order valence-corrected chi connectivity index (χ2v) is 4.40. The van der Waals surface area contributed by atoms with Crippen LogP contribution < -0.4 is 0 Å². The van der Waals surface area contributed by atoms with E-state index in [1.807, 2.05) is 0 Å². The first-order valence-corrected chi connectivity index (χ1v) is 6.04. The fourth-order valence-electron chi connectivity index (χ4n) is 1.80. The van der Waals surface area contributed by atoms with E-state index in [1.54, 1.807) is 22.9 Å². The molecule has 0 radical (unpaired) electrons. The molecular formula is C15H12FNO4. The van der Waals surface area contributed by atoms with Gasteiger partial charge >= 0.3 is 5.97 Å². The van der Waals surface area contributed by atoms with E-state index in [9.17, 15) is 14.0 Å². The molecule has 2 aromatic rings. The molecule has 108 valence electrons. The number of benzene rings is 1. The van der Waals surface area contributed by atoms with E-state index in [-0.39, 0.29) is 11.4 Å². The van der Waals surface area contributed by atoms with Gasteiger partial charge in [-0.15, -0.1) is 0 Å². The van der Waals surface area contributed by atoms with Crippen molar-refractivity contribution in [2.45, 2.75) is 6.54 Å². The fraction of sp³-hybridized carbons (Fsp3) is 0.0667. The van der Waals surface area contributed by atoms with Crippen LogP contribution in [0.15, 0.2) is 54.6 Å². The molecule has 2 N–H and O–H groups in total. The first-order valence-electron chi connectivity index (χ1n) is 6.04. The number of carbonyl (C=O) groups is 2. The van der Waals surface area contributed by atoms with Crippen LogP contribution in [0.4, 0.5) is 4.39 Å². The second kappa shape index (κ2) is 6.04. The largest absolute Gasteiger partial charge is 0.502 e. The number of nitrogens with zero attached hydrogens (tertiary/aromatic N) is 1. The average Bonchev–Trinajstić information content (AvgIpc) is 2.87. The van der Waals surface area contributed by atoms with Crippen LogP contribution in [0.5, 0.6) is 0 Å². The van der Waals surface area contributed by atoms with E-state index in [1.165, 1.54) is 24.4 Å². The number of allylic oxidation sites excluding steroid dienone is 1. The van der Waals surface area contributed by atoms with Gasteiger partial charge in [-0.05, 0) is 23.8 Å². The minimum absolute atomic E-state index is 0.235. The molecule has 0 unspecified atom stereocenters. The lowest BCUT2D eigenvalue weighted by Gasteiger charge is -2.02. The summed E-state index contributed by atoms with van der Waals surface area (Å²) in [6, 6.07) is 7.56. The molecule has 0 aliphatic rings. The maximum atomic E-state index is 13.1. The normalized spacial score (nSPS) is 11.4. The number of aliphatic carboxylic acids is 1. The molecule has 0 amide bonds. The number of hydrogen-bond acceptors (Lipinski definition) is 3. The van der Waals surface area contributed by atoms with Crippen LogP contribution in [0, 0.1) is 5.82 Å². The summed E-state index contributed by atoms with van der Waals surface area (Å²) < 4.78 is 14.7. The number of ketones is 1. The Morgan fingerprint density at radius 2 is 2.00 bits per heavy atom. The summed E-state index contributed by atoms with van der Waals surface area (Å²) in [4.78, 5) is 22.1. The first-order chi connectivity index (χ1) is 9.95. The molecule has 1 heterocycles. The second-order valence-electron chi connectivity index (χ2n) is 4.40. The van der Waals surface area contributed by atoms with Gasteiger partial charge in [-0.1, -0.05) is 12.1 Å². The van der Waals surface area contributed by atoms with Gasteiger partial charge < -0.3 is 14.8 Å². The van der Waals surface area contributed by atoms with Crippen LogP contribution in [0.3, 0.4) is 0 Å². The average molecular weight is 289 g/mol. The lowest BCUT2D eigenvalue weighted by Crippen LogP contribution is -2.03. The molecule has 1 aromatic heterocycles. The number of halogens is 1. The molecule has 1 aromatic carbocycles. The number of rotatable bonds is 5. The van der Waals surface area contributed by atoms with Crippen molar-refractivity contribution in [3.63, 3.8) is 0 Å². The highest BCUT2D eigenvalue weighted by atomic mass is 19.1.